The molecule has 0 amide bonds. The highest BCUT2D eigenvalue weighted by atomic mass is 16.3. The third-order valence-electron chi connectivity index (χ3n) is 1.74. The van der Waals surface area contributed by atoms with E-state index in [4.69, 9.17) is 0 Å². The second kappa shape index (κ2) is 5.06. The molecule has 1 nitrogen and oxygen atoms in total. The summed E-state index contributed by atoms with van der Waals surface area (Å²) in [6.07, 6.45) is 0.678. The van der Waals surface area contributed by atoms with Gasteiger partial charge in [-0.15, -0.1) is 0 Å². The molecule has 0 saturated carbocycles. The zero-order chi connectivity index (χ0) is 10.4. The topological polar surface area (TPSA) is 20.2 Å². The van der Waals surface area contributed by atoms with Gasteiger partial charge >= 0.3 is 0 Å². The van der Waals surface area contributed by atoms with E-state index < -0.39 is 6.10 Å². The molecule has 1 heteroatoms. The van der Waals surface area contributed by atoms with Crippen molar-refractivity contribution in [2.75, 3.05) is 0 Å². The van der Waals surface area contributed by atoms with Crippen molar-refractivity contribution in [3.8, 4) is 11.8 Å². The third kappa shape index (κ3) is 2.93. The van der Waals surface area contributed by atoms with Crippen LogP contribution in [0, 0.1) is 11.8 Å². The number of rotatable bonds is 2. The molecule has 0 bridgehead atoms. The largest absolute Gasteiger partial charge is 0.376 e. The minimum absolute atomic E-state index is 0.522. The Morgan fingerprint density at radius 1 is 1.36 bits per heavy atom. The van der Waals surface area contributed by atoms with E-state index in [1.165, 1.54) is 6.08 Å². The number of aliphatic hydroxyl groups is 1. The minimum Gasteiger partial charge on any atom is -0.376 e. The molecule has 0 aliphatic heterocycles. The van der Waals surface area contributed by atoms with Gasteiger partial charge in [-0.2, -0.15) is 0 Å². The van der Waals surface area contributed by atoms with Gasteiger partial charge in [-0.05, 0) is 17.7 Å². The smallest absolute Gasteiger partial charge is 0.140 e. The quantitative estimate of drug-likeness (QED) is 0.551. The molecule has 0 aromatic heterocycles. The number of aliphatic hydroxyl groups excluding tert-OH is 1. The summed E-state index contributed by atoms with van der Waals surface area (Å²) < 4.78 is 0. The van der Waals surface area contributed by atoms with Crippen molar-refractivity contribution < 1.29 is 5.11 Å². The third-order valence-corrected chi connectivity index (χ3v) is 1.74. The number of hydrogen-bond acceptors (Lipinski definition) is 1. The van der Waals surface area contributed by atoms with Gasteiger partial charge in [-0.3, -0.25) is 0 Å². The fourth-order valence-electron chi connectivity index (χ4n) is 0.878. The maximum absolute atomic E-state index is 9.43. The normalized spacial score (nSPS) is 10.9. The standard InChI is InChI=1S/C13H12O/c1-3-11(2)13(14)10-9-12-7-5-4-6-8-12/h3-8,13-14H,1-2H2/t13-/m1/s1. The first-order valence-electron chi connectivity index (χ1n) is 4.30. The van der Waals surface area contributed by atoms with E-state index in [1.54, 1.807) is 0 Å². The van der Waals surface area contributed by atoms with Crippen LogP contribution in [-0.2, 0) is 0 Å². The Balaban J connectivity index is 2.74. The monoisotopic (exact) mass is 184 g/mol. The molecule has 1 rings (SSSR count). The van der Waals surface area contributed by atoms with Gasteiger partial charge in [0.05, 0.1) is 0 Å². The molecule has 1 N–H and O–H groups in total. The van der Waals surface area contributed by atoms with Gasteiger partial charge in [-0.25, -0.2) is 0 Å². The Kier molecular flexibility index (Phi) is 3.72. The van der Waals surface area contributed by atoms with Gasteiger partial charge in [0.15, 0.2) is 0 Å². The maximum atomic E-state index is 9.43. The van der Waals surface area contributed by atoms with Crippen LogP contribution in [0.2, 0.25) is 0 Å². The van der Waals surface area contributed by atoms with Crippen LogP contribution < -0.4 is 0 Å². The molecule has 14 heavy (non-hydrogen) atoms. The summed E-state index contributed by atoms with van der Waals surface area (Å²) in [5, 5.41) is 9.43. The summed E-state index contributed by atoms with van der Waals surface area (Å²) in [5.74, 6) is 5.54. The van der Waals surface area contributed by atoms with Crippen LogP contribution in [-0.4, -0.2) is 11.2 Å². The predicted molar refractivity (Wildman–Crippen MR) is 58.7 cm³/mol. The SMILES string of the molecule is C=CC(=C)[C@H](O)C#Cc1ccccc1. The van der Waals surface area contributed by atoms with Gasteiger partial charge in [0, 0.05) is 5.56 Å². The van der Waals surface area contributed by atoms with Gasteiger partial charge < -0.3 is 5.11 Å². The Bertz CT molecular complexity index is 379. The molecule has 0 aliphatic carbocycles. The molecular formula is C13H12O. The van der Waals surface area contributed by atoms with Crippen LogP contribution in [0.25, 0.3) is 0 Å². The highest BCUT2D eigenvalue weighted by Crippen LogP contribution is 2.00. The van der Waals surface area contributed by atoms with Crippen LogP contribution in [0.5, 0.6) is 0 Å². The molecule has 1 aromatic carbocycles. The number of hydrogen-bond donors (Lipinski definition) is 1. The van der Waals surface area contributed by atoms with E-state index in [-0.39, 0.29) is 0 Å². The summed E-state index contributed by atoms with van der Waals surface area (Å²) in [5.41, 5.74) is 1.40. The van der Waals surface area contributed by atoms with Gasteiger partial charge in [0.25, 0.3) is 0 Å². The molecule has 0 unspecified atom stereocenters. The van der Waals surface area contributed by atoms with E-state index in [9.17, 15) is 5.11 Å². The molecular weight excluding hydrogens is 172 g/mol. The van der Waals surface area contributed by atoms with Gasteiger partial charge in [0.2, 0.25) is 0 Å². The van der Waals surface area contributed by atoms with E-state index >= 15 is 0 Å². The lowest BCUT2D eigenvalue weighted by atomic mass is 10.1. The molecule has 0 spiro atoms. The van der Waals surface area contributed by atoms with Crippen LogP contribution in [0.15, 0.2) is 55.1 Å². The van der Waals surface area contributed by atoms with E-state index in [0.717, 1.165) is 5.56 Å². The van der Waals surface area contributed by atoms with Crippen molar-refractivity contribution in [1.82, 2.24) is 0 Å². The lowest BCUT2D eigenvalue weighted by Crippen LogP contribution is -2.03. The molecule has 70 valence electrons. The lowest BCUT2D eigenvalue weighted by Gasteiger charge is -1.99. The summed E-state index contributed by atoms with van der Waals surface area (Å²) in [6.45, 7) is 7.12. The van der Waals surface area contributed by atoms with E-state index in [2.05, 4.69) is 25.0 Å². The summed E-state index contributed by atoms with van der Waals surface area (Å²) in [4.78, 5) is 0. The fourth-order valence-corrected chi connectivity index (χ4v) is 0.878. The van der Waals surface area contributed by atoms with Crippen molar-refractivity contribution in [3.05, 3.63) is 60.7 Å². The van der Waals surface area contributed by atoms with Crippen molar-refractivity contribution in [1.29, 1.82) is 0 Å². The van der Waals surface area contributed by atoms with Crippen LogP contribution >= 0.6 is 0 Å². The Morgan fingerprint density at radius 3 is 2.57 bits per heavy atom. The Morgan fingerprint density at radius 2 is 2.00 bits per heavy atom. The minimum atomic E-state index is -0.826. The molecule has 0 heterocycles. The summed E-state index contributed by atoms with van der Waals surface area (Å²) in [7, 11) is 0. The molecule has 0 radical (unpaired) electrons. The zero-order valence-electron chi connectivity index (χ0n) is 7.90. The molecule has 0 aliphatic rings. The second-order valence-electron chi connectivity index (χ2n) is 2.82. The highest BCUT2D eigenvalue weighted by Gasteiger charge is 1.98. The summed E-state index contributed by atoms with van der Waals surface area (Å²) in [6, 6.07) is 9.49. The average molecular weight is 184 g/mol. The maximum Gasteiger partial charge on any atom is 0.140 e. The Labute approximate surface area is 84.4 Å². The van der Waals surface area contributed by atoms with Crippen LogP contribution in [0.1, 0.15) is 5.56 Å². The van der Waals surface area contributed by atoms with Crippen molar-refractivity contribution >= 4 is 0 Å². The molecule has 1 aromatic rings. The van der Waals surface area contributed by atoms with Crippen molar-refractivity contribution in [2.24, 2.45) is 0 Å². The first-order valence-corrected chi connectivity index (χ1v) is 4.30. The first kappa shape index (κ1) is 10.3. The van der Waals surface area contributed by atoms with Gasteiger partial charge in [-0.1, -0.05) is 49.3 Å². The van der Waals surface area contributed by atoms with Gasteiger partial charge in [0.1, 0.15) is 6.10 Å². The van der Waals surface area contributed by atoms with E-state index in [1.807, 2.05) is 30.3 Å². The molecule has 0 saturated heterocycles. The van der Waals surface area contributed by atoms with Crippen LogP contribution in [0.3, 0.4) is 0 Å². The fraction of sp³-hybridized carbons (Fsp3) is 0.0769. The average Bonchev–Trinajstić information content (AvgIpc) is 2.26. The zero-order valence-corrected chi connectivity index (χ0v) is 7.90. The van der Waals surface area contributed by atoms with E-state index in [0.29, 0.717) is 5.57 Å². The lowest BCUT2D eigenvalue weighted by molar-refractivity contribution is 0.273. The number of benzene rings is 1. The second-order valence-corrected chi connectivity index (χ2v) is 2.82. The predicted octanol–water partition coefficient (Wildman–Crippen LogP) is 2.14. The highest BCUT2D eigenvalue weighted by molar-refractivity contribution is 5.37. The van der Waals surface area contributed by atoms with Crippen LogP contribution in [0.4, 0.5) is 0 Å². The van der Waals surface area contributed by atoms with Crippen molar-refractivity contribution in [3.63, 3.8) is 0 Å². The molecule has 1 atom stereocenters. The Hall–Kier alpha value is -1.78. The molecule has 0 fully saturated rings. The first-order chi connectivity index (χ1) is 6.74. The summed E-state index contributed by atoms with van der Waals surface area (Å²) >= 11 is 0. The van der Waals surface area contributed by atoms with Crippen molar-refractivity contribution in [2.45, 2.75) is 6.10 Å².